The van der Waals surface area contributed by atoms with E-state index in [2.05, 4.69) is 4.72 Å². The Balaban J connectivity index is 1.80. The maximum Gasteiger partial charge on any atom is 0.340 e. The molecular weight excluding hydrogens is 444 g/mol. The number of carboxylic acid groups (broad SMARTS) is 1. The summed E-state index contributed by atoms with van der Waals surface area (Å²) in [5, 5.41) is 11.0. The first-order valence-corrected chi connectivity index (χ1v) is 11.6. The second-order valence-corrected chi connectivity index (χ2v) is 9.56. The Morgan fingerprint density at radius 3 is 2.45 bits per heavy atom. The summed E-state index contributed by atoms with van der Waals surface area (Å²) < 4.78 is 34.6. The molecule has 8 nitrogen and oxygen atoms in total. The third-order valence-corrected chi connectivity index (χ3v) is 6.91. The Morgan fingerprint density at radius 1 is 1.09 bits per heavy atom. The van der Waals surface area contributed by atoms with E-state index in [0.29, 0.717) is 16.3 Å². The molecule has 0 atom stereocenters. The summed E-state index contributed by atoms with van der Waals surface area (Å²) in [7, 11) is -0.293. The molecule has 0 spiro atoms. The number of anilines is 2. The lowest BCUT2D eigenvalue weighted by Gasteiger charge is -2.18. The van der Waals surface area contributed by atoms with Gasteiger partial charge < -0.3 is 14.4 Å². The number of carbonyl (C=O) groups is 1. The topological polar surface area (TPSA) is 117 Å². The van der Waals surface area contributed by atoms with Gasteiger partial charge in [-0.3, -0.25) is 9.52 Å². The summed E-state index contributed by atoms with van der Waals surface area (Å²) in [5.74, 6) is -1.14. The Hall–Kier alpha value is -3.85. The first-order valence-electron chi connectivity index (χ1n) is 10.1. The van der Waals surface area contributed by atoms with Crippen molar-refractivity contribution >= 4 is 49.1 Å². The van der Waals surface area contributed by atoms with Crippen molar-refractivity contribution in [3.8, 4) is 0 Å². The number of hydrogen-bond donors (Lipinski definition) is 2. The first kappa shape index (κ1) is 22.3. The number of nitrogens with one attached hydrogen (secondary N) is 1. The van der Waals surface area contributed by atoms with E-state index < -0.39 is 28.0 Å². The average Bonchev–Trinajstić information content (AvgIpc) is 2.75. The number of benzene rings is 3. The van der Waals surface area contributed by atoms with Gasteiger partial charge in [0.2, 0.25) is 0 Å². The Labute approximate surface area is 190 Å². The fourth-order valence-corrected chi connectivity index (χ4v) is 5.20. The van der Waals surface area contributed by atoms with Crippen LogP contribution in [-0.4, -0.2) is 33.6 Å². The molecule has 0 aliphatic carbocycles. The highest BCUT2D eigenvalue weighted by Crippen LogP contribution is 2.33. The number of aliphatic carboxylic acids is 1. The second-order valence-electron chi connectivity index (χ2n) is 7.91. The molecule has 9 heteroatoms. The summed E-state index contributed by atoms with van der Waals surface area (Å²) in [6.45, 7) is 1.64. The minimum atomic E-state index is -3.98. The van der Waals surface area contributed by atoms with Gasteiger partial charge >= 0.3 is 11.6 Å². The molecule has 0 fully saturated rings. The van der Waals surface area contributed by atoms with Crippen LogP contribution in [0.1, 0.15) is 11.1 Å². The van der Waals surface area contributed by atoms with Gasteiger partial charge in [-0.2, -0.15) is 0 Å². The predicted octanol–water partition coefficient (Wildman–Crippen LogP) is 3.75. The number of sulfonamides is 1. The van der Waals surface area contributed by atoms with Crippen LogP contribution >= 0.6 is 0 Å². The molecule has 0 saturated carbocycles. The van der Waals surface area contributed by atoms with Crippen molar-refractivity contribution in [3.05, 3.63) is 76.1 Å². The van der Waals surface area contributed by atoms with Crippen LogP contribution in [0.3, 0.4) is 0 Å². The van der Waals surface area contributed by atoms with E-state index in [1.165, 1.54) is 6.07 Å². The van der Waals surface area contributed by atoms with Gasteiger partial charge in [-0.1, -0.05) is 24.3 Å². The van der Waals surface area contributed by atoms with Gasteiger partial charge in [0.15, 0.2) is 0 Å². The van der Waals surface area contributed by atoms with Crippen molar-refractivity contribution in [2.45, 2.75) is 18.2 Å². The van der Waals surface area contributed by atoms with Crippen LogP contribution in [0.4, 0.5) is 11.4 Å². The molecule has 1 aromatic heterocycles. The molecule has 0 radical (unpaired) electrons. The quantitative estimate of drug-likeness (QED) is 0.416. The van der Waals surface area contributed by atoms with Gasteiger partial charge in [0.25, 0.3) is 10.0 Å². The number of nitrogens with zero attached hydrogens (tertiary/aromatic N) is 1. The lowest BCUT2D eigenvalue weighted by Crippen LogP contribution is -2.16. The monoisotopic (exact) mass is 466 g/mol. The fraction of sp³-hybridized carbons (Fsp3) is 0.167. The zero-order valence-corrected chi connectivity index (χ0v) is 19.1. The molecule has 0 amide bonds. The number of fused-ring (bicyclic) bond motifs is 2. The van der Waals surface area contributed by atoms with Gasteiger partial charge in [0.1, 0.15) is 5.58 Å². The summed E-state index contributed by atoms with van der Waals surface area (Å²) in [4.78, 5) is 25.3. The minimum absolute atomic E-state index is 0.0651. The number of hydrogen-bond acceptors (Lipinski definition) is 6. The van der Waals surface area contributed by atoms with Crippen LogP contribution < -0.4 is 15.2 Å². The largest absolute Gasteiger partial charge is 0.481 e. The van der Waals surface area contributed by atoms with Crippen molar-refractivity contribution in [2.75, 3.05) is 23.7 Å². The maximum absolute atomic E-state index is 13.3. The highest BCUT2D eigenvalue weighted by molar-refractivity contribution is 7.93. The summed E-state index contributed by atoms with van der Waals surface area (Å²) in [6, 6.07) is 15.2. The molecule has 0 aliphatic rings. The van der Waals surface area contributed by atoms with Gasteiger partial charge in [-0.15, -0.1) is 0 Å². The predicted molar refractivity (Wildman–Crippen MR) is 128 cm³/mol. The van der Waals surface area contributed by atoms with Crippen LogP contribution in [0.2, 0.25) is 0 Å². The van der Waals surface area contributed by atoms with Crippen molar-refractivity contribution in [1.29, 1.82) is 0 Å². The number of carboxylic acids is 1. The van der Waals surface area contributed by atoms with Crippen LogP contribution in [0.15, 0.2) is 68.7 Å². The van der Waals surface area contributed by atoms with Gasteiger partial charge in [0, 0.05) is 36.6 Å². The molecule has 4 rings (SSSR count). The number of rotatable bonds is 6. The lowest BCUT2D eigenvalue weighted by atomic mass is 10.0. The van der Waals surface area contributed by atoms with E-state index >= 15 is 0 Å². The van der Waals surface area contributed by atoms with Crippen LogP contribution in [0.25, 0.3) is 21.7 Å². The van der Waals surface area contributed by atoms with E-state index in [0.717, 1.165) is 11.1 Å². The van der Waals surface area contributed by atoms with Crippen molar-refractivity contribution in [2.24, 2.45) is 0 Å². The molecule has 3 aromatic carbocycles. The van der Waals surface area contributed by atoms with E-state index in [4.69, 9.17) is 9.52 Å². The van der Waals surface area contributed by atoms with Crippen LogP contribution in [-0.2, 0) is 21.2 Å². The minimum Gasteiger partial charge on any atom is -0.481 e. The van der Waals surface area contributed by atoms with Crippen molar-refractivity contribution in [3.63, 3.8) is 0 Å². The third-order valence-electron chi connectivity index (χ3n) is 5.48. The SMILES string of the molecule is Cc1c(CC(=O)O)c(=O)oc2cc(NS(=O)(=O)c3cccc4cccc(N(C)C)c34)ccc12. The summed E-state index contributed by atoms with van der Waals surface area (Å²) in [6.07, 6.45) is -0.451. The molecule has 0 unspecified atom stereocenters. The van der Waals surface area contributed by atoms with Gasteiger partial charge in [-0.25, -0.2) is 13.2 Å². The molecular formula is C24H22N2O6S. The Kier molecular flexibility index (Phi) is 5.59. The second kappa shape index (κ2) is 8.25. The highest BCUT2D eigenvalue weighted by atomic mass is 32.2. The van der Waals surface area contributed by atoms with Crippen molar-refractivity contribution < 1.29 is 22.7 Å². The van der Waals surface area contributed by atoms with E-state index in [1.807, 2.05) is 43.3 Å². The van der Waals surface area contributed by atoms with Crippen LogP contribution in [0.5, 0.6) is 0 Å². The van der Waals surface area contributed by atoms with E-state index in [-0.39, 0.29) is 21.7 Å². The normalized spacial score (nSPS) is 11.6. The maximum atomic E-state index is 13.3. The molecule has 0 saturated heterocycles. The van der Waals surface area contributed by atoms with Crippen LogP contribution in [0, 0.1) is 6.92 Å². The zero-order chi connectivity index (χ0) is 23.9. The molecule has 2 N–H and O–H groups in total. The smallest absolute Gasteiger partial charge is 0.340 e. The molecule has 0 bridgehead atoms. The van der Waals surface area contributed by atoms with Gasteiger partial charge in [0.05, 0.1) is 22.6 Å². The van der Waals surface area contributed by atoms with E-state index in [9.17, 15) is 18.0 Å². The summed E-state index contributed by atoms with van der Waals surface area (Å²) in [5.41, 5.74) is 0.943. The standard InChI is InChI=1S/C24H22N2O6S/c1-14-17-11-10-16(12-20(17)32-24(29)18(14)13-22(27)28)25-33(30,31)21-9-5-7-15-6-4-8-19(23(15)21)26(2)3/h4-12,25H,13H2,1-3H3,(H,27,28). The highest BCUT2D eigenvalue weighted by Gasteiger charge is 2.21. The fourth-order valence-electron chi connectivity index (χ4n) is 3.91. The Bertz CT molecular complexity index is 1570. The van der Waals surface area contributed by atoms with Gasteiger partial charge in [-0.05, 0) is 42.1 Å². The first-order chi connectivity index (χ1) is 15.6. The molecule has 1 heterocycles. The molecule has 4 aromatic rings. The molecule has 0 aliphatic heterocycles. The average molecular weight is 467 g/mol. The van der Waals surface area contributed by atoms with Crippen molar-refractivity contribution in [1.82, 2.24) is 0 Å². The third kappa shape index (κ3) is 4.14. The zero-order valence-electron chi connectivity index (χ0n) is 18.2. The van der Waals surface area contributed by atoms with E-state index in [1.54, 1.807) is 31.2 Å². The summed E-state index contributed by atoms with van der Waals surface area (Å²) >= 11 is 0. The lowest BCUT2D eigenvalue weighted by molar-refractivity contribution is -0.136. The molecule has 170 valence electrons. The Morgan fingerprint density at radius 2 is 1.79 bits per heavy atom. The number of aryl methyl sites for hydroxylation is 1. The molecule has 33 heavy (non-hydrogen) atoms.